The Morgan fingerprint density at radius 1 is 1.24 bits per heavy atom. The van der Waals surface area contributed by atoms with Crippen LogP contribution in [-0.4, -0.2) is 69.3 Å². The van der Waals surface area contributed by atoms with Crippen molar-refractivity contribution in [3.05, 3.63) is 0 Å². The first-order valence-electron chi connectivity index (χ1n) is 6.69. The molecule has 0 aromatic carbocycles. The van der Waals surface area contributed by atoms with Gasteiger partial charge in [-0.2, -0.15) is 0 Å². The van der Waals surface area contributed by atoms with Gasteiger partial charge in [-0.3, -0.25) is 0 Å². The summed E-state index contributed by atoms with van der Waals surface area (Å²) in [5.74, 6) is 1.21. The van der Waals surface area contributed by atoms with E-state index in [0.29, 0.717) is 11.8 Å². The molecule has 0 aromatic rings. The topological polar surface area (TPSA) is 41.7 Å². The van der Waals surface area contributed by atoms with Crippen LogP contribution in [0.1, 0.15) is 13.8 Å². The van der Waals surface area contributed by atoms with E-state index in [-0.39, 0.29) is 6.04 Å². The summed E-state index contributed by atoms with van der Waals surface area (Å²) in [5, 5.41) is 0. The molecule has 1 rings (SSSR count). The third-order valence-electron chi connectivity index (χ3n) is 3.23. The van der Waals surface area contributed by atoms with Crippen molar-refractivity contribution in [2.45, 2.75) is 19.9 Å². The van der Waals surface area contributed by atoms with Crippen LogP contribution in [0, 0.1) is 11.8 Å². The van der Waals surface area contributed by atoms with Crippen LogP contribution in [0.3, 0.4) is 0 Å². The Morgan fingerprint density at radius 3 is 2.41 bits per heavy atom. The van der Waals surface area contributed by atoms with E-state index >= 15 is 0 Å². The van der Waals surface area contributed by atoms with Crippen molar-refractivity contribution in [2.75, 3.05) is 53.5 Å². The molecule has 0 spiro atoms. The number of hydrogen-bond acceptors (Lipinski definition) is 4. The Balaban J connectivity index is 2.38. The lowest BCUT2D eigenvalue weighted by molar-refractivity contribution is 0.155. The molecule has 0 aliphatic carbocycles. The second-order valence-electron chi connectivity index (χ2n) is 5.92. The van der Waals surface area contributed by atoms with Crippen molar-refractivity contribution < 1.29 is 4.74 Å². The van der Waals surface area contributed by atoms with E-state index in [0.717, 1.165) is 39.4 Å². The Hall–Kier alpha value is -0.160. The van der Waals surface area contributed by atoms with E-state index in [4.69, 9.17) is 10.5 Å². The number of ether oxygens (including phenoxy) is 1. The molecule has 0 aromatic heterocycles. The first kappa shape index (κ1) is 14.9. The molecular formula is C13H29N3O. The van der Waals surface area contributed by atoms with Crippen LogP contribution in [0.5, 0.6) is 0 Å². The average Bonchev–Trinajstić information content (AvgIpc) is 2.60. The molecule has 4 heteroatoms. The first-order valence-corrected chi connectivity index (χ1v) is 6.69. The third kappa shape index (κ3) is 5.82. The van der Waals surface area contributed by atoms with Crippen LogP contribution in [-0.2, 0) is 4.74 Å². The SMILES string of the molecule is CC(C)CN(CCN(C)C)CC1COCC1N. The molecule has 0 saturated carbocycles. The third-order valence-corrected chi connectivity index (χ3v) is 3.23. The average molecular weight is 243 g/mol. The van der Waals surface area contributed by atoms with Gasteiger partial charge in [0.2, 0.25) is 0 Å². The molecule has 1 aliphatic heterocycles. The maximum absolute atomic E-state index is 6.05. The van der Waals surface area contributed by atoms with Gasteiger partial charge in [0.1, 0.15) is 0 Å². The van der Waals surface area contributed by atoms with Gasteiger partial charge in [0.05, 0.1) is 13.2 Å². The summed E-state index contributed by atoms with van der Waals surface area (Å²) in [6.45, 7) is 10.6. The van der Waals surface area contributed by atoms with Gasteiger partial charge < -0.3 is 20.3 Å². The summed E-state index contributed by atoms with van der Waals surface area (Å²) in [5.41, 5.74) is 6.05. The second kappa shape index (κ2) is 7.31. The lowest BCUT2D eigenvalue weighted by atomic mass is 10.0. The minimum absolute atomic E-state index is 0.226. The van der Waals surface area contributed by atoms with Crippen molar-refractivity contribution >= 4 is 0 Å². The maximum Gasteiger partial charge on any atom is 0.0621 e. The molecular weight excluding hydrogens is 214 g/mol. The van der Waals surface area contributed by atoms with E-state index in [1.807, 2.05) is 0 Å². The first-order chi connectivity index (χ1) is 7.99. The quantitative estimate of drug-likeness (QED) is 0.706. The highest BCUT2D eigenvalue weighted by atomic mass is 16.5. The van der Waals surface area contributed by atoms with Gasteiger partial charge in [0.15, 0.2) is 0 Å². The summed E-state index contributed by atoms with van der Waals surface area (Å²) in [6, 6.07) is 0.226. The summed E-state index contributed by atoms with van der Waals surface area (Å²) >= 11 is 0. The molecule has 102 valence electrons. The highest BCUT2D eigenvalue weighted by Crippen LogP contribution is 2.14. The lowest BCUT2D eigenvalue weighted by Gasteiger charge is -2.29. The van der Waals surface area contributed by atoms with E-state index in [9.17, 15) is 0 Å². The highest BCUT2D eigenvalue weighted by molar-refractivity contribution is 4.81. The zero-order chi connectivity index (χ0) is 12.8. The molecule has 0 radical (unpaired) electrons. The summed E-state index contributed by atoms with van der Waals surface area (Å²) in [4.78, 5) is 4.77. The predicted molar refractivity (Wildman–Crippen MR) is 72.1 cm³/mol. The van der Waals surface area contributed by atoms with Crippen LogP contribution in [0.4, 0.5) is 0 Å². The minimum atomic E-state index is 0.226. The summed E-state index contributed by atoms with van der Waals surface area (Å²) < 4.78 is 5.44. The van der Waals surface area contributed by atoms with Crippen LogP contribution >= 0.6 is 0 Å². The monoisotopic (exact) mass is 243 g/mol. The van der Waals surface area contributed by atoms with Crippen molar-refractivity contribution in [3.8, 4) is 0 Å². The van der Waals surface area contributed by atoms with Gasteiger partial charge in [0.25, 0.3) is 0 Å². The van der Waals surface area contributed by atoms with Gasteiger partial charge in [-0.05, 0) is 20.0 Å². The van der Waals surface area contributed by atoms with E-state index in [2.05, 4.69) is 37.7 Å². The van der Waals surface area contributed by atoms with E-state index in [1.54, 1.807) is 0 Å². The molecule has 1 fully saturated rings. The van der Waals surface area contributed by atoms with Gasteiger partial charge in [-0.15, -0.1) is 0 Å². The smallest absolute Gasteiger partial charge is 0.0621 e. The van der Waals surface area contributed by atoms with E-state index in [1.165, 1.54) is 0 Å². The molecule has 0 amide bonds. The number of hydrogen-bond donors (Lipinski definition) is 1. The molecule has 1 saturated heterocycles. The van der Waals surface area contributed by atoms with Crippen molar-refractivity contribution in [1.82, 2.24) is 9.80 Å². The normalized spacial score (nSPS) is 25.4. The number of rotatable bonds is 7. The fourth-order valence-electron chi connectivity index (χ4n) is 2.25. The van der Waals surface area contributed by atoms with Crippen LogP contribution < -0.4 is 5.73 Å². The molecule has 1 heterocycles. The number of likely N-dealkylation sites (N-methyl/N-ethyl adjacent to an activating group) is 1. The van der Waals surface area contributed by atoms with Crippen molar-refractivity contribution in [1.29, 1.82) is 0 Å². The molecule has 17 heavy (non-hydrogen) atoms. The molecule has 1 aliphatic rings. The highest BCUT2D eigenvalue weighted by Gasteiger charge is 2.26. The Morgan fingerprint density at radius 2 is 1.94 bits per heavy atom. The van der Waals surface area contributed by atoms with Gasteiger partial charge in [0, 0.05) is 38.1 Å². The van der Waals surface area contributed by atoms with Crippen molar-refractivity contribution in [3.63, 3.8) is 0 Å². The zero-order valence-electron chi connectivity index (χ0n) is 11.9. The number of nitrogens with zero attached hydrogens (tertiary/aromatic N) is 2. The van der Waals surface area contributed by atoms with Gasteiger partial charge >= 0.3 is 0 Å². The number of nitrogens with two attached hydrogens (primary N) is 1. The summed E-state index contributed by atoms with van der Waals surface area (Å²) in [6.07, 6.45) is 0. The molecule has 2 unspecified atom stereocenters. The van der Waals surface area contributed by atoms with Gasteiger partial charge in [-0.25, -0.2) is 0 Å². The molecule has 4 nitrogen and oxygen atoms in total. The zero-order valence-corrected chi connectivity index (χ0v) is 11.9. The van der Waals surface area contributed by atoms with E-state index < -0.39 is 0 Å². The maximum atomic E-state index is 6.05. The Kier molecular flexibility index (Phi) is 6.41. The molecule has 0 bridgehead atoms. The Bertz CT molecular complexity index is 209. The standard InChI is InChI=1S/C13H29N3O/c1-11(2)7-16(6-5-15(3)4)8-12-9-17-10-13(12)14/h11-13H,5-10,14H2,1-4H3. The fourth-order valence-corrected chi connectivity index (χ4v) is 2.25. The van der Waals surface area contributed by atoms with Crippen molar-refractivity contribution in [2.24, 2.45) is 17.6 Å². The lowest BCUT2D eigenvalue weighted by Crippen LogP contribution is -2.42. The summed E-state index contributed by atoms with van der Waals surface area (Å²) in [7, 11) is 4.25. The van der Waals surface area contributed by atoms with Crippen LogP contribution in [0.25, 0.3) is 0 Å². The Labute approximate surface area is 106 Å². The second-order valence-corrected chi connectivity index (χ2v) is 5.92. The van der Waals surface area contributed by atoms with Crippen LogP contribution in [0.2, 0.25) is 0 Å². The molecule has 2 N–H and O–H groups in total. The predicted octanol–water partition coefficient (Wildman–Crippen LogP) is 0.480. The fraction of sp³-hybridized carbons (Fsp3) is 1.00. The molecule has 2 atom stereocenters. The van der Waals surface area contributed by atoms with Crippen LogP contribution in [0.15, 0.2) is 0 Å². The largest absolute Gasteiger partial charge is 0.379 e. The van der Waals surface area contributed by atoms with Gasteiger partial charge in [-0.1, -0.05) is 13.8 Å². The minimum Gasteiger partial charge on any atom is -0.379 e.